The largest absolute Gasteiger partial charge is 0.507 e. The van der Waals surface area contributed by atoms with Crippen molar-refractivity contribution in [3.8, 4) is 11.8 Å². The molecule has 26 heavy (non-hydrogen) atoms. The second-order valence-electron chi connectivity index (χ2n) is 5.36. The average Bonchev–Trinajstić information content (AvgIpc) is 3.04. The van der Waals surface area contributed by atoms with Gasteiger partial charge >= 0.3 is 5.82 Å². The predicted octanol–water partition coefficient (Wildman–Crippen LogP) is 3.05. The first-order valence-corrected chi connectivity index (χ1v) is 7.51. The number of aryl methyl sites for hydroxylation is 1. The molecule has 0 aliphatic heterocycles. The fourth-order valence-corrected chi connectivity index (χ4v) is 2.32. The van der Waals surface area contributed by atoms with E-state index >= 15 is 0 Å². The van der Waals surface area contributed by atoms with Crippen molar-refractivity contribution in [3.63, 3.8) is 0 Å². The number of fused-ring (bicyclic) bond motifs is 1. The molecule has 0 aliphatic rings. The zero-order chi connectivity index (χ0) is 18.7. The number of para-hydroxylation sites is 2. The number of rotatable bonds is 5. The highest BCUT2D eigenvalue weighted by Gasteiger charge is 2.19. The molecule has 0 bridgehead atoms. The summed E-state index contributed by atoms with van der Waals surface area (Å²) in [7, 11) is 0. The SMILES string of the molecule is Cc1ccc(OC/C(O)=C(\C#N)c2nc3ccccc3[nH]2)c([N+](=O)[O-])n1. The number of aliphatic hydroxyl groups excluding tert-OH is 1. The van der Waals surface area contributed by atoms with Crippen molar-refractivity contribution in [1.29, 1.82) is 5.26 Å². The fraction of sp³-hybridized carbons (Fsp3) is 0.118. The number of nitrogens with one attached hydrogen (secondary N) is 1. The number of H-pyrrole nitrogens is 1. The smallest absolute Gasteiger partial charge is 0.406 e. The third kappa shape index (κ3) is 3.29. The monoisotopic (exact) mass is 351 g/mol. The molecule has 2 aromatic heterocycles. The molecule has 0 aliphatic carbocycles. The summed E-state index contributed by atoms with van der Waals surface area (Å²) < 4.78 is 5.29. The zero-order valence-corrected chi connectivity index (χ0v) is 13.6. The summed E-state index contributed by atoms with van der Waals surface area (Å²) in [6.07, 6.45) is 0. The van der Waals surface area contributed by atoms with Gasteiger partial charge in [0.2, 0.25) is 5.75 Å². The van der Waals surface area contributed by atoms with Crippen LogP contribution in [0.1, 0.15) is 11.5 Å². The number of benzene rings is 1. The number of nitro groups is 1. The van der Waals surface area contributed by atoms with Gasteiger partial charge in [-0.15, -0.1) is 0 Å². The van der Waals surface area contributed by atoms with E-state index in [0.717, 1.165) is 0 Å². The number of hydrogen-bond donors (Lipinski definition) is 2. The second kappa shape index (κ2) is 6.90. The van der Waals surface area contributed by atoms with Crippen LogP contribution < -0.4 is 4.74 Å². The van der Waals surface area contributed by atoms with E-state index in [1.807, 2.05) is 12.1 Å². The van der Waals surface area contributed by atoms with Crippen molar-refractivity contribution < 1.29 is 14.8 Å². The molecule has 0 fully saturated rings. The van der Waals surface area contributed by atoms with E-state index < -0.39 is 23.1 Å². The molecule has 3 rings (SSSR count). The van der Waals surface area contributed by atoms with Crippen molar-refractivity contribution in [2.75, 3.05) is 6.61 Å². The third-order valence-electron chi connectivity index (χ3n) is 3.54. The summed E-state index contributed by atoms with van der Waals surface area (Å²) in [5.74, 6) is -0.776. The van der Waals surface area contributed by atoms with Crippen LogP contribution in [0.4, 0.5) is 5.82 Å². The van der Waals surface area contributed by atoms with Gasteiger partial charge in [-0.05, 0) is 34.2 Å². The van der Waals surface area contributed by atoms with Crippen molar-refractivity contribution in [1.82, 2.24) is 15.0 Å². The van der Waals surface area contributed by atoms with E-state index in [1.54, 1.807) is 31.2 Å². The van der Waals surface area contributed by atoms with Crippen LogP contribution in [0, 0.1) is 28.4 Å². The number of aliphatic hydroxyl groups is 1. The number of aromatic amines is 1. The van der Waals surface area contributed by atoms with Gasteiger partial charge < -0.3 is 24.9 Å². The first kappa shape index (κ1) is 16.9. The minimum absolute atomic E-state index is 0.103. The molecule has 2 N–H and O–H groups in total. The zero-order valence-electron chi connectivity index (χ0n) is 13.6. The van der Waals surface area contributed by atoms with Crippen LogP contribution in [0.25, 0.3) is 16.6 Å². The summed E-state index contributed by atoms with van der Waals surface area (Å²) in [6.45, 7) is 1.18. The minimum atomic E-state index is -0.673. The number of allylic oxidation sites excluding steroid dienone is 1. The molecule has 0 atom stereocenters. The van der Waals surface area contributed by atoms with Crippen LogP contribution in [-0.2, 0) is 0 Å². The first-order valence-electron chi connectivity index (χ1n) is 7.51. The first-order chi connectivity index (χ1) is 12.5. The third-order valence-corrected chi connectivity index (χ3v) is 3.54. The molecular formula is C17H13N5O4. The molecule has 0 saturated carbocycles. The maximum absolute atomic E-state index is 11.1. The van der Waals surface area contributed by atoms with Crippen molar-refractivity contribution in [2.45, 2.75) is 6.92 Å². The molecule has 9 nitrogen and oxygen atoms in total. The van der Waals surface area contributed by atoms with Gasteiger partial charge in [0.1, 0.15) is 23.9 Å². The number of pyridine rings is 1. The summed E-state index contributed by atoms with van der Waals surface area (Å²) in [5, 5.41) is 30.6. The highest BCUT2D eigenvalue weighted by Crippen LogP contribution is 2.25. The van der Waals surface area contributed by atoms with Gasteiger partial charge in [-0.25, -0.2) is 4.98 Å². The molecule has 130 valence electrons. The van der Waals surface area contributed by atoms with E-state index in [9.17, 15) is 20.5 Å². The summed E-state index contributed by atoms with van der Waals surface area (Å²) >= 11 is 0. The Bertz CT molecular complexity index is 1030. The lowest BCUT2D eigenvalue weighted by Gasteiger charge is -2.07. The fourth-order valence-electron chi connectivity index (χ4n) is 2.32. The number of ether oxygens (including phenoxy) is 1. The highest BCUT2D eigenvalue weighted by molar-refractivity contribution is 5.82. The van der Waals surface area contributed by atoms with E-state index in [1.165, 1.54) is 6.07 Å². The van der Waals surface area contributed by atoms with Gasteiger partial charge in [0.15, 0.2) is 11.6 Å². The molecule has 0 unspecified atom stereocenters. The van der Waals surface area contributed by atoms with Crippen molar-refractivity contribution in [3.05, 3.63) is 63.8 Å². The van der Waals surface area contributed by atoms with Gasteiger partial charge in [-0.2, -0.15) is 5.26 Å². The Morgan fingerprint density at radius 1 is 1.35 bits per heavy atom. The number of imidazole rings is 1. The summed E-state index contributed by atoms with van der Waals surface area (Å²) in [5.41, 5.74) is 1.71. The number of aromatic nitrogens is 3. The average molecular weight is 351 g/mol. The van der Waals surface area contributed by atoms with Crippen LogP contribution in [0.5, 0.6) is 5.75 Å². The molecule has 2 heterocycles. The maximum atomic E-state index is 11.1. The lowest BCUT2D eigenvalue weighted by Crippen LogP contribution is -2.07. The van der Waals surface area contributed by atoms with Gasteiger partial charge in [-0.1, -0.05) is 12.1 Å². The van der Waals surface area contributed by atoms with E-state index in [-0.39, 0.29) is 17.1 Å². The standard InChI is InChI=1S/C17H13N5O4/c1-10-6-7-15(17(19-10)22(24)25)26-9-14(23)11(8-18)16-20-12-4-2-3-5-13(12)21-16/h2-7,23H,9H2,1H3,(H,20,21)/b14-11-. The van der Waals surface area contributed by atoms with Crippen LogP contribution in [-0.4, -0.2) is 31.6 Å². The van der Waals surface area contributed by atoms with Gasteiger partial charge in [0.25, 0.3) is 0 Å². The van der Waals surface area contributed by atoms with Crippen molar-refractivity contribution in [2.24, 2.45) is 0 Å². The Kier molecular flexibility index (Phi) is 4.49. The van der Waals surface area contributed by atoms with Gasteiger partial charge in [-0.3, -0.25) is 0 Å². The molecule has 1 aromatic carbocycles. The Balaban J connectivity index is 1.88. The summed E-state index contributed by atoms with van der Waals surface area (Å²) in [6, 6.07) is 12.0. The molecule has 0 saturated heterocycles. The summed E-state index contributed by atoms with van der Waals surface area (Å²) in [4.78, 5) is 21.4. The van der Waals surface area contributed by atoms with E-state index in [0.29, 0.717) is 16.7 Å². The number of hydrogen-bond acceptors (Lipinski definition) is 7. The van der Waals surface area contributed by atoms with Crippen LogP contribution >= 0.6 is 0 Å². The van der Waals surface area contributed by atoms with Crippen LogP contribution in [0.15, 0.2) is 42.2 Å². The number of nitrogens with zero attached hydrogens (tertiary/aromatic N) is 4. The second-order valence-corrected chi connectivity index (χ2v) is 5.36. The molecule has 9 heteroatoms. The Morgan fingerprint density at radius 3 is 2.81 bits per heavy atom. The normalized spacial score (nSPS) is 11.7. The van der Waals surface area contributed by atoms with Crippen molar-refractivity contribution >= 4 is 22.4 Å². The van der Waals surface area contributed by atoms with E-state index in [4.69, 9.17) is 4.74 Å². The molecule has 3 aromatic rings. The predicted molar refractivity (Wildman–Crippen MR) is 92.4 cm³/mol. The Morgan fingerprint density at radius 2 is 2.12 bits per heavy atom. The Hall–Kier alpha value is -3.93. The number of nitriles is 1. The van der Waals surface area contributed by atoms with Gasteiger partial charge in [0.05, 0.1) is 11.0 Å². The van der Waals surface area contributed by atoms with E-state index in [2.05, 4.69) is 15.0 Å². The van der Waals surface area contributed by atoms with Gasteiger partial charge in [0, 0.05) is 6.92 Å². The van der Waals surface area contributed by atoms with Crippen LogP contribution in [0.2, 0.25) is 0 Å². The molecule has 0 radical (unpaired) electrons. The Labute approximate surface area is 147 Å². The molecule has 0 amide bonds. The highest BCUT2D eigenvalue weighted by atomic mass is 16.6. The lowest BCUT2D eigenvalue weighted by molar-refractivity contribution is -0.390. The maximum Gasteiger partial charge on any atom is 0.406 e. The quantitative estimate of drug-likeness (QED) is 0.312. The molecule has 0 spiro atoms. The lowest BCUT2D eigenvalue weighted by atomic mass is 10.2. The molecular weight excluding hydrogens is 338 g/mol. The minimum Gasteiger partial charge on any atom is -0.507 e. The topological polar surface area (TPSA) is 138 Å². The van der Waals surface area contributed by atoms with Crippen LogP contribution in [0.3, 0.4) is 0 Å².